The molecule has 0 aliphatic carbocycles. The number of hydrogen-bond donors (Lipinski definition) is 0. The maximum Gasteiger partial charge on any atom is 0.306 e. The van der Waals surface area contributed by atoms with Gasteiger partial charge in [-0.3, -0.25) is 14.4 Å². The van der Waals surface area contributed by atoms with Crippen molar-refractivity contribution < 1.29 is 28.6 Å². The normalized spacial score (nSPS) is 13.3. The van der Waals surface area contributed by atoms with Crippen LogP contribution in [0, 0.1) is 0 Å². The second-order valence-corrected chi connectivity index (χ2v) is 17.4. The van der Waals surface area contributed by atoms with Gasteiger partial charge in [0.15, 0.2) is 6.10 Å². The van der Waals surface area contributed by atoms with Crippen LogP contribution < -0.4 is 0 Å². The van der Waals surface area contributed by atoms with Crippen LogP contribution in [-0.4, -0.2) is 37.2 Å². The van der Waals surface area contributed by atoms with Crippen LogP contribution in [0.1, 0.15) is 213 Å². The first-order valence-electron chi connectivity index (χ1n) is 27.3. The molecule has 0 aromatic heterocycles. The van der Waals surface area contributed by atoms with Gasteiger partial charge >= 0.3 is 17.9 Å². The highest BCUT2D eigenvalue weighted by atomic mass is 16.6. The molecule has 386 valence electrons. The average molecular weight is 951 g/mol. The molecule has 0 saturated carbocycles. The Morgan fingerprint density at radius 1 is 0.304 bits per heavy atom. The Morgan fingerprint density at radius 3 is 0.957 bits per heavy atom. The molecule has 0 N–H and O–H groups in total. The highest BCUT2D eigenvalue weighted by Crippen LogP contribution is 2.12. The highest BCUT2D eigenvalue weighted by Gasteiger charge is 2.19. The molecule has 0 bridgehead atoms. The Bertz CT molecular complexity index is 1560. The van der Waals surface area contributed by atoms with Gasteiger partial charge < -0.3 is 14.2 Å². The van der Waals surface area contributed by atoms with Gasteiger partial charge in [0, 0.05) is 19.3 Å². The van der Waals surface area contributed by atoms with E-state index in [1.54, 1.807) is 0 Å². The van der Waals surface area contributed by atoms with Gasteiger partial charge in [0.25, 0.3) is 0 Å². The van der Waals surface area contributed by atoms with Gasteiger partial charge in [-0.15, -0.1) is 0 Å². The Balaban J connectivity index is 4.60. The number of esters is 3. The largest absolute Gasteiger partial charge is 0.462 e. The summed E-state index contributed by atoms with van der Waals surface area (Å²) in [6.45, 7) is 6.27. The van der Waals surface area contributed by atoms with Crippen LogP contribution in [-0.2, 0) is 28.6 Å². The Morgan fingerprint density at radius 2 is 0.580 bits per heavy atom. The number of carbonyl (C=O) groups is 3. The molecule has 0 heterocycles. The van der Waals surface area contributed by atoms with Crippen molar-refractivity contribution in [2.45, 2.75) is 219 Å². The number of carbonyl (C=O) groups excluding carboxylic acids is 3. The summed E-state index contributed by atoms with van der Waals surface area (Å²) in [6.07, 6.45) is 79.8. The van der Waals surface area contributed by atoms with Gasteiger partial charge in [-0.1, -0.05) is 205 Å². The molecule has 0 aromatic carbocycles. The van der Waals surface area contributed by atoms with E-state index in [1.807, 2.05) is 0 Å². The van der Waals surface area contributed by atoms with Gasteiger partial charge in [-0.2, -0.15) is 0 Å². The van der Waals surface area contributed by atoms with E-state index in [-0.39, 0.29) is 44.0 Å². The molecular formula is C63H98O6. The number of rotatable bonds is 47. The van der Waals surface area contributed by atoms with E-state index >= 15 is 0 Å². The molecule has 0 aromatic rings. The number of allylic oxidation sites excluding steroid dienone is 24. The maximum absolute atomic E-state index is 12.8. The molecule has 1 atom stereocenters. The summed E-state index contributed by atoms with van der Waals surface area (Å²) in [6, 6.07) is 0. The van der Waals surface area contributed by atoms with E-state index in [0.29, 0.717) is 19.3 Å². The molecule has 6 nitrogen and oxygen atoms in total. The Hall–Kier alpha value is -4.71. The van der Waals surface area contributed by atoms with Crippen molar-refractivity contribution in [3.63, 3.8) is 0 Å². The topological polar surface area (TPSA) is 78.9 Å². The van der Waals surface area contributed by atoms with Crippen molar-refractivity contribution in [2.75, 3.05) is 13.2 Å². The quantitative estimate of drug-likeness (QED) is 0.0262. The minimum absolute atomic E-state index is 0.124. The lowest BCUT2D eigenvalue weighted by molar-refractivity contribution is -0.167. The lowest BCUT2D eigenvalue weighted by Crippen LogP contribution is -2.30. The Labute approximate surface area is 423 Å². The summed E-state index contributed by atoms with van der Waals surface area (Å²) in [7, 11) is 0. The molecule has 0 fully saturated rings. The predicted molar refractivity (Wildman–Crippen MR) is 297 cm³/mol. The van der Waals surface area contributed by atoms with Gasteiger partial charge in [0.05, 0.1) is 0 Å². The van der Waals surface area contributed by atoms with Crippen LogP contribution >= 0.6 is 0 Å². The van der Waals surface area contributed by atoms with E-state index in [4.69, 9.17) is 14.2 Å². The van der Waals surface area contributed by atoms with E-state index in [9.17, 15) is 14.4 Å². The van der Waals surface area contributed by atoms with Crippen LogP contribution in [0.5, 0.6) is 0 Å². The summed E-state index contributed by atoms with van der Waals surface area (Å²) in [4.78, 5) is 38.1. The first-order valence-corrected chi connectivity index (χ1v) is 27.3. The monoisotopic (exact) mass is 951 g/mol. The zero-order valence-electron chi connectivity index (χ0n) is 44.0. The minimum atomic E-state index is -0.832. The van der Waals surface area contributed by atoms with Gasteiger partial charge in [0.1, 0.15) is 13.2 Å². The molecular weight excluding hydrogens is 853 g/mol. The standard InChI is InChI=1S/C63H98O6/c1-4-7-10-13-16-19-22-25-28-30-31-33-36-39-42-45-48-51-54-57-63(66)69-60(58-67-61(64)55-52-49-46-43-40-37-34-27-24-21-18-15-12-9-6-3)59-68-62(65)56-53-50-47-44-41-38-35-32-29-26-23-20-17-14-11-8-5-2/h8-9,11-12,16-21,25-29,31,33-35,38-39,42,44,47,60H,4-7,10,13-15,22-24,30,32,36-37,40-41,43,45-46,48-59H2,1-3H3/b11-8-,12-9-,19-16-,20-17-,21-18-,28-25-,29-26-,33-31-,34-27-,38-35-,42-39-,47-44-/t60-/m0/s1. The predicted octanol–water partition coefficient (Wildman–Crippen LogP) is 18.4. The number of ether oxygens (including phenoxy) is 3. The van der Waals surface area contributed by atoms with Crippen molar-refractivity contribution in [3.8, 4) is 0 Å². The van der Waals surface area contributed by atoms with Crippen molar-refractivity contribution in [3.05, 3.63) is 146 Å². The van der Waals surface area contributed by atoms with Crippen LogP contribution in [0.4, 0.5) is 0 Å². The molecule has 0 amide bonds. The molecule has 0 unspecified atom stereocenters. The second-order valence-electron chi connectivity index (χ2n) is 17.4. The zero-order valence-corrected chi connectivity index (χ0v) is 44.0. The summed E-state index contributed by atoms with van der Waals surface area (Å²) < 4.78 is 16.7. The fraction of sp³-hybridized carbons (Fsp3) is 0.571. The van der Waals surface area contributed by atoms with Crippen molar-refractivity contribution in [1.29, 1.82) is 0 Å². The second kappa shape index (κ2) is 55.9. The lowest BCUT2D eigenvalue weighted by Gasteiger charge is -2.18. The lowest BCUT2D eigenvalue weighted by atomic mass is 10.1. The Kier molecular flexibility index (Phi) is 52.1. The van der Waals surface area contributed by atoms with Crippen LogP contribution in [0.2, 0.25) is 0 Å². The average Bonchev–Trinajstić information content (AvgIpc) is 3.35. The highest BCUT2D eigenvalue weighted by molar-refractivity contribution is 5.71. The van der Waals surface area contributed by atoms with E-state index in [2.05, 4.69) is 167 Å². The van der Waals surface area contributed by atoms with Gasteiger partial charge in [0.2, 0.25) is 0 Å². The van der Waals surface area contributed by atoms with Gasteiger partial charge in [-0.05, 0) is 135 Å². The van der Waals surface area contributed by atoms with E-state index < -0.39 is 6.10 Å². The molecule has 0 saturated heterocycles. The third-order valence-corrected chi connectivity index (χ3v) is 10.8. The van der Waals surface area contributed by atoms with E-state index in [1.165, 1.54) is 25.7 Å². The smallest absolute Gasteiger partial charge is 0.306 e. The number of hydrogen-bond acceptors (Lipinski definition) is 6. The summed E-state index contributed by atoms with van der Waals surface area (Å²) in [5, 5.41) is 0. The molecule has 0 spiro atoms. The number of unbranched alkanes of at least 4 members (excludes halogenated alkanes) is 12. The first-order chi connectivity index (χ1) is 34.0. The molecule has 0 radical (unpaired) electrons. The molecule has 0 aliphatic heterocycles. The summed E-state index contributed by atoms with van der Waals surface area (Å²) >= 11 is 0. The molecule has 69 heavy (non-hydrogen) atoms. The molecule has 6 heteroatoms. The third-order valence-electron chi connectivity index (χ3n) is 10.8. The first kappa shape index (κ1) is 64.3. The van der Waals surface area contributed by atoms with Crippen molar-refractivity contribution in [2.24, 2.45) is 0 Å². The van der Waals surface area contributed by atoms with Gasteiger partial charge in [-0.25, -0.2) is 0 Å². The fourth-order valence-electron chi connectivity index (χ4n) is 6.77. The summed E-state index contributed by atoms with van der Waals surface area (Å²) in [5.74, 6) is -1.04. The van der Waals surface area contributed by atoms with Crippen LogP contribution in [0.3, 0.4) is 0 Å². The van der Waals surface area contributed by atoms with Crippen molar-refractivity contribution in [1.82, 2.24) is 0 Å². The van der Waals surface area contributed by atoms with E-state index in [0.717, 1.165) is 135 Å². The third kappa shape index (κ3) is 54.1. The zero-order chi connectivity index (χ0) is 50.0. The maximum atomic E-state index is 12.8. The van der Waals surface area contributed by atoms with Crippen LogP contribution in [0.25, 0.3) is 0 Å². The minimum Gasteiger partial charge on any atom is -0.462 e. The summed E-state index contributed by atoms with van der Waals surface area (Å²) in [5.41, 5.74) is 0. The molecule has 0 rings (SSSR count). The fourth-order valence-corrected chi connectivity index (χ4v) is 6.77. The molecule has 0 aliphatic rings. The SMILES string of the molecule is CC/C=C\C/C=C\C/C=C\C/C=C\C/C=C\CCCC(=O)OC[C@H](COC(=O)CCCCCCC/C=C\C/C=C\C/C=C\CC)OC(=O)CCCCC/C=C\C/C=C\C/C=C\C/C=C\CCCCC. The van der Waals surface area contributed by atoms with Crippen molar-refractivity contribution >= 4 is 17.9 Å². The van der Waals surface area contributed by atoms with Crippen LogP contribution in [0.15, 0.2) is 146 Å².